The molecule has 0 radical (unpaired) electrons. The standard InChI is InChI=1S/C12H14ClNO3/c1-2-3-4-11(15)14-10-6-8(12(16)17)5-9(13)7-10/h5-7H,2-4H2,1H3,(H,14,15)(H,16,17). The minimum Gasteiger partial charge on any atom is -0.478 e. The molecule has 1 amide bonds. The lowest BCUT2D eigenvalue weighted by atomic mass is 10.2. The molecular weight excluding hydrogens is 242 g/mol. The number of benzene rings is 1. The fourth-order valence-electron chi connectivity index (χ4n) is 1.35. The van der Waals surface area contributed by atoms with E-state index in [1.165, 1.54) is 18.2 Å². The highest BCUT2D eigenvalue weighted by Crippen LogP contribution is 2.19. The summed E-state index contributed by atoms with van der Waals surface area (Å²) in [5.41, 5.74) is 0.472. The molecule has 17 heavy (non-hydrogen) atoms. The predicted octanol–water partition coefficient (Wildman–Crippen LogP) is 3.17. The zero-order valence-electron chi connectivity index (χ0n) is 9.50. The van der Waals surface area contributed by atoms with Crippen LogP contribution in [0.5, 0.6) is 0 Å². The molecule has 5 heteroatoms. The highest BCUT2D eigenvalue weighted by atomic mass is 35.5. The molecule has 0 heterocycles. The van der Waals surface area contributed by atoms with Crippen LogP contribution in [0.25, 0.3) is 0 Å². The minimum atomic E-state index is -1.07. The topological polar surface area (TPSA) is 66.4 Å². The molecule has 4 nitrogen and oxygen atoms in total. The molecule has 0 saturated carbocycles. The molecule has 92 valence electrons. The molecule has 0 aliphatic heterocycles. The molecule has 0 aliphatic carbocycles. The second-order valence-corrected chi connectivity index (χ2v) is 4.12. The number of hydrogen-bond donors (Lipinski definition) is 2. The van der Waals surface area contributed by atoms with Gasteiger partial charge in [-0.1, -0.05) is 24.9 Å². The largest absolute Gasteiger partial charge is 0.478 e. The van der Waals surface area contributed by atoms with E-state index in [2.05, 4.69) is 5.32 Å². The van der Waals surface area contributed by atoms with E-state index < -0.39 is 5.97 Å². The fourth-order valence-corrected chi connectivity index (χ4v) is 1.58. The molecule has 0 bridgehead atoms. The average molecular weight is 256 g/mol. The van der Waals surface area contributed by atoms with Crippen molar-refractivity contribution in [1.29, 1.82) is 0 Å². The number of carbonyl (C=O) groups is 2. The smallest absolute Gasteiger partial charge is 0.335 e. The van der Waals surface area contributed by atoms with Gasteiger partial charge in [-0.25, -0.2) is 4.79 Å². The number of rotatable bonds is 5. The van der Waals surface area contributed by atoms with Crippen LogP contribution in [0, 0.1) is 0 Å². The van der Waals surface area contributed by atoms with Crippen molar-refractivity contribution in [3.8, 4) is 0 Å². The Kier molecular flexibility index (Phi) is 4.97. The lowest BCUT2D eigenvalue weighted by Crippen LogP contribution is -2.11. The third kappa shape index (κ3) is 4.44. The van der Waals surface area contributed by atoms with Crippen LogP contribution in [0.15, 0.2) is 18.2 Å². The molecule has 0 atom stereocenters. The summed E-state index contributed by atoms with van der Waals surface area (Å²) in [6, 6.07) is 4.25. The molecule has 1 rings (SSSR count). The molecule has 2 N–H and O–H groups in total. The third-order valence-corrected chi connectivity index (χ3v) is 2.40. The molecular formula is C12H14ClNO3. The predicted molar refractivity (Wildman–Crippen MR) is 66.6 cm³/mol. The van der Waals surface area contributed by atoms with Crippen LogP contribution in [0.3, 0.4) is 0 Å². The Morgan fingerprint density at radius 1 is 1.35 bits per heavy atom. The number of amides is 1. The average Bonchev–Trinajstić information content (AvgIpc) is 2.25. The Hall–Kier alpha value is -1.55. The van der Waals surface area contributed by atoms with Gasteiger partial charge in [-0.05, 0) is 24.6 Å². The second kappa shape index (κ2) is 6.25. The fraction of sp³-hybridized carbons (Fsp3) is 0.333. The quantitative estimate of drug-likeness (QED) is 0.849. The van der Waals surface area contributed by atoms with Crippen molar-refractivity contribution in [3.63, 3.8) is 0 Å². The van der Waals surface area contributed by atoms with Crippen molar-refractivity contribution < 1.29 is 14.7 Å². The van der Waals surface area contributed by atoms with Gasteiger partial charge in [0.25, 0.3) is 0 Å². The van der Waals surface area contributed by atoms with Gasteiger partial charge in [0.2, 0.25) is 5.91 Å². The van der Waals surface area contributed by atoms with Crippen molar-refractivity contribution in [3.05, 3.63) is 28.8 Å². The Balaban J connectivity index is 2.77. The number of unbranched alkanes of at least 4 members (excludes halogenated alkanes) is 1. The van der Waals surface area contributed by atoms with Crippen LogP contribution in [-0.4, -0.2) is 17.0 Å². The Morgan fingerprint density at radius 3 is 2.65 bits per heavy atom. The zero-order valence-corrected chi connectivity index (χ0v) is 10.3. The van der Waals surface area contributed by atoms with Gasteiger partial charge in [0.15, 0.2) is 0 Å². The first kappa shape index (κ1) is 13.5. The van der Waals surface area contributed by atoms with Crippen molar-refractivity contribution in [2.45, 2.75) is 26.2 Å². The summed E-state index contributed by atoms with van der Waals surface area (Å²) in [6.45, 7) is 2.00. The van der Waals surface area contributed by atoms with E-state index in [0.29, 0.717) is 12.1 Å². The summed E-state index contributed by atoms with van der Waals surface area (Å²) in [7, 11) is 0. The van der Waals surface area contributed by atoms with Gasteiger partial charge in [0.1, 0.15) is 0 Å². The van der Waals surface area contributed by atoms with E-state index in [1.54, 1.807) is 0 Å². The maximum absolute atomic E-state index is 11.5. The highest BCUT2D eigenvalue weighted by molar-refractivity contribution is 6.31. The number of hydrogen-bond acceptors (Lipinski definition) is 2. The van der Waals surface area contributed by atoms with Gasteiger partial charge in [-0.3, -0.25) is 4.79 Å². The van der Waals surface area contributed by atoms with E-state index in [0.717, 1.165) is 12.8 Å². The van der Waals surface area contributed by atoms with Crippen molar-refractivity contribution in [1.82, 2.24) is 0 Å². The summed E-state index contributed by atoms with van der Waals surface area (Å²) >= 11 is 5.77. The first-order valence-electron chi connectivity index (χ1n) is 5.36. The van der Waals surface area contributed by atoms with Crippen LogP contribution < -0.4 is 5.32 Å². The molecule has 1 aromatic carbocycles. The molecule has 0 saturated heterocycles. The van der Waals surface area contributed by atoms with Crippen LogP contribution in [0.1, 0.15) is 36.5 Å². The number of halogens is 1. The lowest BCUT2D eigenvalue weighted by Gasteiger charge is -2.06. The van der Waals surface area contributed by atoms with Crippen molar-refractivity contribution in [2.24, 2.45) is 0 Å². The summed E-state index contributed by atoms with van der Waals surface area (Å²) in [5, 5.41) is 11.8. The van der Waals surface area contributed by atoms with Crippen molar-refractivity contribution >= 4 is 29.2 Å². The molecule has 0 aromatic heterocycles. The SMILES string of the molecule is CCCCC(=O)Nc1cc(Cl)cc(C(=O)O)c1. The van der Waals surface area contributed by atoms with E-state index in [-0.39, 0.29) is 16.5 Å². The van der Waals surface area contributed by atoms with E-state index in [9.17, 15) is 9.59 Å². The van der Waals surface area contributed by atoms with Gasteiger partial charge in [-0.2, -0.15) is 0 Å². The summed E-state index contributed by atoms with van der Waals surface area (Å²) in [6.07, 6.45) is 2.16. The first-order valence-corrected chi connectivity index (χ1v) is 5.74. The number of carboxylic acid groups (broad SMARTS) is 1. The maximum atomic E-state index is 11.5. The summed E-state index contributed by atoms with van der Waals surface area (Å²) in [5.74, 6) is -1.21. The lowest BCUT2D eigenvalue weighted by molar-refractivity contribution is -0.116. The summed E-state index contributed by atoms with van der Waals surface area (Å²) in [4.78, 5) is 22.3. The Labute approximate surface area is 105 Å². The Morgan fingerprint density at radius 2 is 2.06 bits per heavy atom. The number of anilines is 1. The Bertz CT molecular complexity index is 432. The summed E-state index contributed by atoms with van der Waals surface area (Å²) < 4.78 is 0. The van der Waals surface area contributed by atoms with E-state index in [1.807, 2.05) is 6.92 Å². The normalized spacial score (nSPS) is 10.0. The van der Waals surface area contributed by atoms with Crippen LogP contribution in [-0.2, 0) is 4.79 Å². The van der Waals surface area contributed by atoms with Gasteiger partial charge in [0.05, 0.1) is 5.56 Å². The zero-order chi connectivity index (χ0) is 12.8. The molecule has 0 fully saturated rings. The van der Waals surface area contributed by atoms with Crippen LogP contribution in [0.2, 0.25) is 5.02 Å². The van der Waals surface area contributed by atoms with Gasteiger partial charge in [-0.15, -0.1) is 0 Å². The molecule has 0 unspecified atom stereocenters. The third-order valence-electron chi connectivity index (χ3n) is 2.19. The monoisotopic (exact) mass is 255 g/mol. The van der Waals surface area contributed by atoms with Crippen LogP contribution in [0.4, 0.5) is 5.69 Å². The molecule has 0 spiro atoms. The highest BCUT2D eigenvalue weighted by Gasteiger charge is 2.08. The van der Waals surface area contributed by atoms with Crippen LogP contribution >= 0.6 is 11.6 Å². The second-order valence-electron chi connectivity index (χ2n) is 3.69. The number of nitrogens with one attached hydrogen (secondary N) is 1. The number of carbonyl (C=O) groups excluding carboxylic acids is 1. The molecule has 0 aliphatic rings. The van der Waals surface area contributed by atoms with E-state index >= 15 is 0 Å². The number of carboxylic acids is 1. The van der Waals surface area contributed by atoms with Gasteiger partial charge in [0, 0.05) is 17.1 Å². The molecule has 1 aromatic rings. The van der Waals surface area contributed by atoms with Gasteiger partial charge < -0.3 is 10.4 Å². The van der Waals surface area contributed by atoms with Crippen molar-refractivity contribution in [2.75, 3.05) is 5.32 Å². The minimum absolute atomic E-state index is 0.0586. The first-order chi connectivity index (χ1) is 8.02. The van der Waals surface area contributed by atoms with E-state index in [4.69, 9.17) is 16.7 Å². The van der Waals surface area contributed by atoms with Gasteiger partial charge >= 0.3 is 5.97 Å². The maximum Gasteiger partial charge on any atom is 0.335 e. The number of aromatic carboxylic acids is 1.